The standard InChI is InChI=1S/C65H129N2O6P/c1-6-8-10-12-14-16-18-20-22-24-25-26-27-28-29-30-31-32-33-34-35-36-37-38-39-40-41-43-45-47-49-51-53-55-57-59-65(69)66-63(62-73-74(70,71)72-61-60-67(3,4)5)64(68)58-56-54-52-50-48-46-44-42-23-21-19-17-15-13-11-9-7-2/h24-25,56,58,63-64,68H,6-23,26-55,57,59-62H2,1-5H3,(H-,66,69,70,71)/p+1/b25-24-,58-56+. The van der Waals surface area contributed by atoms with Gasteiger partial charge in [0.05, 0.1) is 39.9 Å². The lowest BCUT2D eigenvalue weighted by Gasteiger charge is -2.25. The summed E-state index contributed by atoms with van der Waals surface area (Å²) in [5.74, 6) is -0.170. The lowest BCUT2D eigenvalue weighted by molar-refractivity contribution is -0.870. The Kier molecular flexibility index (Phi) is 55.9. The number of amides is 1. The van der Waals surface area contributed by atoms with Crippen LogP contribution in [0.1, 0.15) is 335 Å². The van der Waals surface area contributed by atoms with Gasteiger partial charge >= 0.3 is 7.82 Å². The second-order valence-electron chi connectivity index (χ2n) is 23.8. The van der Waals surface area contributed by atoms with Crippen molar-refractivity contribution in [2.24, 2.45) is 0 Å². The fraction of sp³-hybridized carbons (Fsp3) is 0.923. The number of unbranched alkanes of at least 4 members (excludes halogenated alkanes) is 46. The van der Waals surface area contributed by atoms with Gasteiger partial charge in [-0.15, -0.1) is 0 Å². The molecule has 0 saturated carbocycles. The molecule has 0 radical (unpaired) electrons. The number of hydrogen-bond acceptors (Lipinski definition) is 5. The van der Waals surface area contributed by atoms with Crippen LogP contribution in [0.2, 0.25) is 0 Å². The van der Waals surface area contributed by atoms with Crippen molar-refractivity contribution in [3.8, 4) is 0 Å². The predicted octanol–water partition coefficient (Wildman–Crippen LogP) is 20.3. The maximum atomic E-state index is 13.0. The Balaban J connectivity index is 3.96. The third-order valence-electron chi connectivity index (χ3n) is 15.2. The Morgan fingerprint density at radius 2 is 0.730 bits per heavy atom. The van der Waals surface area contributed by atoms with E-state index in [0.717, 1.165) is 32.1 Å². The molecule has 0 aromatic carbocycles. The number of phosphoric acid groups is 1. The average molecular weight is 1070 g/mol. The molecule has 0 rings (SSSR count). The molecular weight excluding hydrogens is 936 g/mol. The van der Waals surface area contributed by atoms with Crippen LogP contribution in [0.5, 0.6) is 0 Å². The maximum absolute atomic E-state index is 13.0. The fourth-order valence-corrected chi connectivity index (χ4v) is 10.8. The Morgan fingerprint density at radius 1 is 0.446 bits per heavy atom. The summed E-state index contributed by atoms with van der Waals surface area (Å²) < 4.78 is 23.8. The highest BCUT2D eigenvalue weighted by Crippen LogP contribution is 2.43. The van der Waals surface area contributed by atoms with E-state index in [1.807, 2.05) is 27.2 Å². The fourth-order valence-electron chi connectivity index (χ4n) is 10.0. The Bertz CT molecular complexity index is 1260. The summed E-state index contributed by atoms with van der Waals surface area (Å²) in [5, 5.41) is 14.0. The molecule has 3 N–H and O–H groups in total. The van der Waals surface area contributed by atoms with Crippen molar-refractivity contribution in [3.05, 3.63) is 24.3 Å². The van der Waals surface area contributed by atoms with Crippen LogP contribution in [0.3, 0.4) is 0 Å². The minimum Gasteiger partial charge on any atom is -0.387 e. The van der Waals surface area contributed by atoms with Gasteiger partial charge < -0.3 is 19.8 Å². The van der Waals surface area contributed by atoms with Crippen LogP contribution in [-0.4, -0.2) is 73.4 Å². The zero-order valence-corrected chi connectivity index (χ0v) is 51.3. The van der Waals surface area contributed by atoms with Crippen molar-refractivity contribution < 1.29 is 32.9 Å². The van der Waals surface area contributed by atoms with Gasteiger partial charge in [-0.1, -0.05) is 308 Å². The van der Waals surface area contributed by atoms with E-state index >= 15 is 0 Å². The highest BCUT2D eigenvalue weighted by atomic mass is 31.2. The summed E-state index contributed by atoms with van der Waals surface area (Å²) in [6.07, 6.45) is 73.1. The number of carbonyl (C=O) groups is 1. The Labute approximate surface area is 462 Å². The van der Waals surface area contributed by atoms with Crippen LogP contribution in [0.25, 0.3) is 0 Å². The second kappa shape index (κ2) is 56.7. The number of allylic oxidation sites excluding steroid dienone is 3. The second-order valence-corrected chi connectivity index (χ2v) is 25.3. The highest BCUT2D eigenvalue weighted by molar-refractivity contribution is 7.47. The first-order valence-corrected chi connectivity index (χ1v) is 34.2. The van der Waals surface area contributed by atoms with Crippen molar-refractivity contribution in [1.29, 1.82) is 0 Å². The summed E-state index contributed by atoms with van der Waals surface area (Å²) in [4.78, 5) is 23.3. The van der Waals surface area contributed by atoms with Gasteiger partial charge in [-0.25, -0.2) is 4.57 Å². The predicted molar refractivity (Wildman–Crippen MR) is 323 cm³/mol. The van der Waals surface area contributed by atoms with Crippen LogP contribution in [0.4, 0.5) is 0 Å². The van der Waals surface area contributed by atoms with E-state index in [9.17, 15) is 19.4 Å². The third kappa shape index (κ3) is 58.7. The summed E-state index contributed by atoms with van der Waals surface area (Å²) in [6, 6.07) is -0.843. The molecule has 0 aliphatic rings. The Morgan fingerprint density at radius 3 is 1.04 bits per heavy atom. The number of likely N-dealkylation sites (N-methyl/N-ethyl adjacent to an activating group) is 1. The van der Waals surface area contributed by atoms with E-state index in [1.54, 1.807) is 6.08 Å². The third-order valence-corrected chi connectivity index (χ3v) is 16.1. The van der Waals surface area contributed by atoms with E-state index in [0.29, 0.717) is 17.4 Å². The van der Waals surface area contributed by atoms with E-state index < -0.39 is 20.0 Å². The lowest BCUT2D eigenvalue weighted by atomic mass is 10.0. The van der Waals surface area contributed by atoms with E-state index in [2.05, 4.69) is 31.3 Å². The first kappa shape index (κ1) is 73.0. The molecule has 8 nitrogen and oxygen atoms in total. The number of phosphoric ester groups is 1. The number of aliphatic hydroxyl groups excluding tert-OH is 1. The molecule has 0 bridgehead atoms. The minimum absolute atomic E-state index is 0.0644. The molecule has 0 aliphatic carbocycles. The van der Waals surface area contributed by atoms with Crippen molar-refractivity contribution >= 4 is 13.7 Å². The van der Waals surface area contributed by atoms with E-state index in [-0.39, 0.29) is 19.1 Å². The van der Waals surface area contributed by atoms with Crippen molar-refractivity contribution in [2.45, 2.75) is 347 Å². The molecule has 0 spiro atoms. The summed E-state index contributed by atoms with van der Waals surface area (Å²) in [7, 11) is 1.59. The minimum atomic E-state index is -4.34. The number of nitrogens with zero attached hydrogens (tertiary/aromatic N) is 1. The first-order valence-electron chi connectivity index (χ1n) is 32.7. The molecule has 0 fully saturated rings. The number of nitrogens with one attached hydrogen (secondary N) is 1. The van der Waals surface area contributed by atoms with Crippen LogP contribution < -0.4 is 5.32 Å². The average Bonchev–Trinajstić information content (AvgIpc) is 3.36. The highest BCUT2D eigenvalue weighted by Gasteiger charge is 2.28. The number of carbonyl (C=O) groups excluding carboxylic acids is 1. The molecule has 9 heteroatoms. The molecule has 74 heavy (non-hydrogen) atoms. The first-order chi connectivity index (χ1) is 36.0. The van der Waals surface area contributed by atoms with Gasteiger partial charge in [-0.3, -0.25) is 13.8 Å². The zero-order valence-electron chi connectivity index (χ0n) is 50.4. The molecule has 3 atom stereocenters. The molecule has 3 unspecified atom stereocenters. The van der Waals surface area contributed by atoms with Gasteiger partial charge in [0.15, 0.2) is 0 Å². The lowest BCUT2D eigenvalue weighted by Crippen LogP contribution is -2.45. The van der Waals surface area contributed by atoms with E-state index in [1.165, 1.54) is 283 Å². The SMILES string of the molecule is CCCCCCCCCC/C=C\CCCCCCCCCCCCCCCCCCCCCCCCCC(=O)NC(COP(=O)(O)OCC[N+](C)(C)C)C(O)/C=C/CCCCCCCCCCCCCCCCC. The number of hydrogen-bond donors (Lipinski definition) is 3. The van der Waals surface area contributed by atoms with Crippen LogP contribution in [0.15, 0.2) is 24.3 Å². The van der Waals surface area contributed by atoms with Crippen LogP contribution in [-0.2, 0) is 18.4 Å². The van der Waals surface area contributed by atoms with Gasteiger partial charge in [0, 0.05) is 6.42 Å². The largest absolute Gasteiger partial charge is 0.472 e. The van der Waals surface area contributed by atoms with Gasteiger partial charge in [-0.05, 0) is 44.9 Å². The monoisotopic (exact) mass is 1070 g/mol. The number of rotatable bonds is 61. The van der Waals surface area contributed by atoms with Gasteiger partial charge in [0.2, 0.25) is 5.91 Å². The Hall–Kier alpha value is -1.02. The topological polar surface area (TPSA) is 105 Å². The molecule has 1 amide bonds. The van der Waals surface area contributed by atoms with E-state index in [4.69, 9.17) is 9.05 Å². The van der Waals surface area contributed by atoms with Gasteiger partial charge in [0.1, 0.15) is 13.2 Å². The zero-order chi connectivity index (χ0) is 54.2. The quantitative estimate of drug-likeness (QED) is 0.0243. The summed E-state index contributed by atoms with van der Waals surface area (Å²) in [6.45, 7) is 4.86. The smallest absolute Gasteiger partial charge is 0.387 e. The van der Waals surface area contributed by atoms with Crippen molar-refractivity contribution in [2.75, 3.05) is 40.9 Å². The van der Waals surface area contributed by atoms with Crippen molar-refractivity contribution in [1.82, 2.24) is 5.32 Å². The van der Waals surface area contributed by atoms with Gasteiger partial charge in [-0.2, -0.15) is 0 Å². The molecule has 0 aliphatic heterocycles. The maximum Gasteiger partial charge on any atom is 0.472 e. The number of quaternary nitrogens is 1. The molecule has 0 aromatic heterocycles. The van der Waals surface area contributed by atoms with Crippen LogP contribution in [0, 0.1) is 0 Å². The molecule has 0 saturated heterocycles. The molecular formula is C65H130N2O6P+. The van der Waals surface area contributed by atoms with Gasteiger partial charge in [0.25, 0.3) is 0 Å². The van der Waals surface area contributed by atoms with Crippen molar-refractivity contribution in [3.63, 3.8) is 0 Å². The molecule has 440 valence electrons. The van der Waals surface area contributed by atoms with Crippen LogP contribution >= 0.6 is 7.82 Å². The summed E-state index contributed by atoms with van der Waals surface area (Å²) in [5.41, 5.74) is 0. The normalized spacial score (nSPS) is 13.9. The molecule has 0 heterocycles. The number of aliphatic hydroxyl groups is 1. The molecule has 0 aromatic rings. The summed E-state index contributed by atoms with van der Waals surface area (Å²) >= 11 is 0.